The third-order valence-electron chi connectivity index (χ3n) is 6.10. The molecule has 2 amide bonds. The molecule has 3 aliphatic rings. The number of aryl methyl sites for hydroxylation is 1. The number of ether oxygens (including phenoxy) is 2. The molecular weight excluding hydrogens is 344 g/mol. The number of benzene rings is 1. The molecule has 2 aliphatic heterocycles. The Morgan fingerprint density at radius 3 is 2.48 bits per heavy atom. The average Bonchev–Trinajstić information content (AvgIpc) is 3.07. The van der Waals surface area contributed by atoms with E-state index < -0.39 is 11.8 Å². The van der Waals surface area contributed by atoms with Crippen molar-refractivity contribution in [2.75, 3.05) is 32.9 Å². The van der Waals surface area contributed by atoms with Crippen LogP contribution in [0.25, 0.3) is 0 Å². The van der Waals surface area contributed by atoms with E-state index in [0.29, 0.717) is 31.9 Å². The summed E-state index contributed by atoms with van der Waals surface area (Å²) in [5.41, 5.74) is 0.954. The van der Waals surface area contributed by atoms with Crippen molar-refractivity contribution in [1.82, 2.24) is 9.80 Å². The van der Waals surface area contributed by atoms with E-state index in [-0.39, 0.29) is 18.4 Å². The minimum Gasteiger partial charge on any atom is -0.378 e. The molecule has 1 saturated carbocycles. The number of hydrogen-bond donors (Lipinski definition) is 0. The molecule has 6 heteroatoms. The first-order valence-corrected chi connectivity index (χ1v) is 10.0. The Hall–Kier alpha value is -1.92. The highest BCUT2D eigenvalue weighted by Gasteiger charge is 2.53. The van der Waals surface area contributed by atoms with Crippen molar-refractivity contribution in [2.45, 2.75) is 50.8 Å². The molecule has 0 aromatic heterocycles. The maximum Gasteiger partial charge on any atom is 0.257 e. The molecule has 2 saturated heterocycles. The Balaban J connectivity index is 1.67. The summed E-state index contributed by atoms with van der Waals surface area (Å²) in [6.07, 6.45) is 4.81. The third kappa shape index (κ3) is 3.36. The van der Waals surface area contributed by atoms with Crippen LogP contribution >= 0.6 is 0 Å². The Morgan fingerprint density at radius 2 is 1.78 bits per heavy atom. The lowest BCUT2D eigenvalue weighted by atomic mass is 9.89. The smallest absolute Gasteiger partial charge is 0.257 e. The number of nitrogens with zero attached hydrogens (tertiary/aromatic N) is 2. The maximum absolute atomic E-state index is 13.6. The molecule has 146 valence electrons. The summed E-state index contributed by atoms with van der Waals surface area (Å²) in [5.74, 6) is -0.0956. The van der Waals surface area contributed by atoms with Crippen LogP contribution in [0.1, 0.15) is 48.0 Å². The molecule has 1 atom stereocenters. The molecule has 0 N–H and O–H groups in total. The van der Waals surface area contributed by atoms with Gasteiger partial charge in [0.1, 0.15) is 11.8 Å². The van der Waals surface area contributed by atoms with E-state index in [1.807, 2.05) is 36.1 Å². The van der Waals surface area contributed by atoms with E-state index in [1.54, 1.807) is 4.90 Å². The Bertz CT molecular complexity index is 708. The zero-order valence-electron chi connectivity index (χ0n) is 16.0. The fraction of sp³-hybridized carbons (Fsp3) is 0.619. The van der Waals surface area contributed by atoms with E-state index in [2.05, 4.69) is 0 Å². The van der Waals surface area contributed by atoms with Gasteiger partial charge in [-0.1, -0.05) is 24.6 Å². The van der Waals surface area contributed by atoms with Crippen LogP contribution in [0, 0.1) is 6.92 Å². The Kier molecular flexibility index (Phi) is 5.19. The first-order chi connectivity index (χ1) is 13.1. The van der Waals surface area contributed by atoms with Gasteiger partial charge in [0.2, 0.25) is 5.91 Å². The van der Waals surface area contributed by atoms with Crippen LogP contribution < -0.4 is 0 Å². The molecule has 1 unspecified atom stereocenters. The van der Waals surface area contributed by atoms with E-state index in [9.17, 15) is 9.59 Å². The van der Waals surface area contributed by atoms with Crippen LogP contribution in [0.3, 0.4) is 0 Å². The molecule has 27 heavy (non-hydrogen) atoms. The summed E-state index contributed by atoms with van der Waals surface area (Å²) in [6.45, 7) is 4.49. The minimum atomic E-state index is -0.635. The normalized spacial score (nSPS) is 25.0. The van der Waals surface area contributed by atoms with Crippen molar-refractivity contribution in [3.8, 4) is 0 Å². The summed E-state index contributed by atoms with van der Waals surface area (Å²) >= 11 is 0. The van der Waals surface area contributed by atoms with Crippen molar-refractivity contribution >= 4 is 11.8 Å². The molecule has 6 nitrogen and oxygen atoms in total. The van der Waals surface area contributed by atoms with Gasteiger partial charge in [0.15, 0.2) is 0 Å². The molecule has 1 spiro atoms. The first kappa shape index (κ1) is 18.4. The van der Waals surface area contributed by atoms with Crippen molar-refractivity contribution in [3.63, 3.8) is 0 Å². The van der Waals surface area contributed by atoms with Crippen molar-refractivity contribution < 1.29 is 19.1 Å². The Labute approximate surface area is 160 Å². The van der Waals surface area contributed by atoms with Gasteiger partial charge in [-0.15, -0.1) is 0 Å². The van der Waals surface area contributed by atoms with Crippen molar-refractivity contribution in [2.24, 2.45) is 0 Å². The van der Waals surface area contributed by atoms with E-state index in [4.69, 9.17) is 9.47 Å². The minimum absolute atomic E-state index is 0.0114. The van der Waals surface area contributed by atoms with Crippen LogP contribution in [-0.2, 0) is 14.3 Å². The van der Waals surface area contributed by atoms with Crippen molar-refractivity contribution in [3.05, 3.63) is 35.4 Å². The molecular formula is C21H28N2O4. The Morgan fingerprint density at radius 1 is 1.07 bits per heavy atom. The zero-order chi connectivity index (χ0) is 18.9. The predicted molar refractivity (Wildman–Crippen MR) is 100 cm³/mol. The third-order valence-corrected chi connectivity index (χ3v) is 6.10. The van der Waals surface area contributed by atoms with Gasteiger partial charge in [0.05, 0.1) is 19.8 Å². The highest BCUT2D eigenvalue weighted by Crippen LogP contribution is 2.42. The number of morpholine rings is 1. The summed E-state index contributed by atoms with van der Waals surface area (Å²) < 4.78 is 11.6. The maximum atomic E-state index is 13.6. The van der Waals surface area contributed by atoms with Crippen LogP contribution in [0.5, 0.6) is 0 Å². The van der Waals surface area contributed by atoms with Gasteiger partial charge < -0.3 is 14.4 Å². The van der Waals surface area contributed by atoms with Gasteiger partial charge in [-0.05, 0) is 44.2 Å². The number of carbonyl (C=O) groups excluding carboxylic acids is 2. The predicted octanol–water partition coefficient (Wildman–Crippen LogP) is 2.36. The SMILES string of the molecule is Cc1ccccc1C(=O)N1C(C(=O)N2CCOCC2)COC12CCCCC2. The second-order valence-electron chi connectivity index (χ2n) is 7.76. The van der Waals surface area contributed by atoms with E-state index in [0.717, 1.165) is 37.7 Å². The average molecular weight is 372 g/mol. The topological polar surface area (TPSA) is 59.1 Å². The zero-order valence-corrected chi connectivity index (χ0v) is 16.0. The lowest BCUT2D eigenvalue weighted by Gasteiger charge is -2.42. The molecule has 0 bridgehead atoms. The summed E-state index contributed by atoms with van der Waals surface area (Å²) in [7, 11) is 0. The number of amides is 2. The lowest BCUT2D eigenvalue weighted by Crippen LogP contribution is -2.58. The van der Waals surface area contributed by atoms with Crippen molar-refractivity contribution in [1.29, 1.82) is 0 Å². The summed E-state index contributed by atoms with van der Waals surface area (Å²) in [4.78, 5) is 30.4. The second kappa shape index (κ2) is 7.60. The number of carbonyl (C=O) groups is 2. The van der Waals surface area contributed by atoms with Gasteiger partial charge in [-0.3, -0.25) is 14.5 Å². The summed E-state index contributed by atoms with van der Waals surface area (Å²) in [6, 6.07) is 7.05. The van der Waals surface area contributed by atoms with E-state index >= 15 is 0 Å². The van der Waals surface area contributed by atoms with E-state index in [1.165, 1.54) is 0 Å². The van der Waals surface area contributed by atoms with Gasteiger partial charge in [-0.2, -0.15) is 0 Å². The first-order valence-electron chi connectivity index (χ1n) is 10.0. The van der Waals surface area contributed by atoms with Gasteiger partial charge >= 0.3 is 0 Å². The molecule has 1 aromatic rings. The van der Waals surface area contributed by atoms with Gasteiger partial charge in [0, 0.05) is 18.7 Å². The molecule has 1 aliphatic carbocycles. The molecule has 3 fully saturated rings. The van der Waals surface area contributed by atoms with Crippen LogP contribution in [0.4, 0.5) is 0 Å². The standard InChI is InChI=1S/C21H28N2O4/c1-16-7-3-4-8-17(16)19(24)23-18(20(25)22-11-13-26-14-12-22)15-27-21(23)9-5-2-6-10-21/h3-4,7-8,18H,2,5-6,9-15H2,1H3. The second-order valence-corrected chi connectivity index (χ2v) is 7.76. The van der Waals surface area contributed by atoms with Crippen LogP contribution in [0.15, 0.2) is 24.3 Å². The summed E-state index contributed by atoms with van der Waals surface area (Å²) in [5, 5.41) is 0. The fourth-order valence-electron chi connectivity index (χ4n) is 4.60. The lowest BCUT2D eigenvalue weighted by molar-refractivity contribution is -0.141. The highest BCUT2D eigenvalue weighted by molar-refractivity contribution is 5.99. The molecule has 2 heterocycles. The van der Waals surface area contributed by atoms with Crippen LogP contribution in [0.2, 0.25) is 0 Å². The van der Waals surface area contributed by atoms with Crippen LogP contribution in [-0.4, -0.2) is 66.3 Å². The quantitative estimate of drug-likeness (QED) is 0.800. The largest absolute Gasteiger partial charge is 0.378 e. The highest BCUT2D eigenvalue weighted by atomic mass is 16.5. The number of rotatable bonds is 2. The molecule has 1 aromatic carbocycles. The van der Waals surface area contributed by atoms with Gasteiger partial charge in [0.25, 0.3) is 5.91 Å². The monoisotopic (exact) mass is 372 g/mol. The number of hydrogen-bond acceptors (Lipinski definition) is 4. The molecule has 0 radical (unpaired) electrons. The molecule has 4 rings (SSSR count). The van der Waals surface area contributed by atoms with Gasteiger partial charge in [-0.25, -0.2) is 0 Å². The fourth-order valence-corrected chi connectivity index (χ4v) is 4.60.